The Kier molecular flexibility index (Phi) is 7.59. The first-order chi connectivity index (χ1) is 16.7. The summed E-state index contributed by atoms with van der Waals surface area (Å²) in [7, 11) is 0. The van der Waals surface area contributed by atoms with E-state index in [0.29, 0.717) is 22.5 Å². The van der Waals surface area contributed by atoms with E-state index in [1.165, 1.54) is 18.6 Å². The molecule has 1 spiro atoms. The van der Waals surface area contributed by atoms with Crippen molar-refractivity contribution in [2.45, 2.75) is 63.0 Å². The monoisotopic (exact) mass is 582 g/mol. The van der Waals surface area contributed by atoms with Crippen LogP contribution in [0, 0.1) is 0 Å². The third-order valence-corrected chi connectivity index (χ3v) is 7.75. The largest absolute Gasteiger partial charge is 0.479 e. The number of carbonyl (C=O) groups excluding carboxylic acids is 1. The first kappa shape index (κ1) is 25.7. The molecule has 1 amide bonds. The highest BCUT2D eigenvalue weighted by molar-refractivity contribution is 9.11. The lowest BCUT2D eigenvalue weighted by Gasteiger charge is -2.49. The number of carbonyl (C=O) groups is 2. The molecule has 0 aromatic carbocycles. The van der Waals surface area contributed by atoms with Crippen LogP contribution in [-0.2, 0) is 16.0 Å². The van der Waals surface area contributed by atoms with Crippen molar-refractivity contribution in [3.8, 4) is 0 Å². The third kappa shape index (κ3) is 5.13. The maximum Gasteiger partial charge on any atom is 0.329 e. The Morgan fingerprint density at radius 3 is 2.40 bits per heavy atom. The van der Waals surface area contributed by atoms with Crippen LogP contribution in [0.15, 0.2) is 41.1 Å². The van der Waals surface area contributed by atoms with E-state index in [0.717, 1.165) is 37.8 Å². The van der Waals surface area contributed by atoms with Gasteiger partial charge < -0.3 is 20.5 Å². The molecule has 2 aromatic heterocycles. The fourth-order valence-electron chi connectivity index (χ4n) is 4.56. The molecule has 1 saturated carbocycles. The van der Waals surface area contributed by atoms with E-state index in [-0.39, 0.29) is 22.0 Å². The predicted octanol–water partition coefficient (Wildman–Crippen LogP) is 5.70. The van der Waals surface area contributed by atoms with Crippen LogP contribution in [0.4, 0.5) is 5.69 Å². The number of carboxylic acid groups (broad SMARTS) is 1. The number of anilines is 1. The molecule has 1 fully saturated rings. The zero-order valence-electron chi connectivity index (χ0n) is 19.0. The number of rotatable bonds is 8. The number of nitrogens with one attached hydrogen (secondary N) is 2. The van der Waals surface area contributed by atoms with E-state index in [2.05, 4.69) is 36.5 Å². The van der Waals surface area contributed by atoms with Crippen LogP contribution in [0.2, 0.25) is 10.0 Å². The van der Waals surface area contributed by atoms with Gasteiger partial charge in [0.1, 0.15) is 11.2 Å². The lowest BCUT2D eigenvalue weighted by molar-refractivity contribution is -0.145. The molecule has 8 nitrogen and oxygen atoms in total. The number of nitrogens with zero attached hydrogens (tertiary/aromatic N) is 2. The number of carboxylic acids is 1. The van der Waals surface area contributed by atoms with Gasteiger partial charge >= 0.3 is 5.97 Å². The minimum absolute atomic E-state index is 0.116. The smallest absolute Gasteiger partial charge is 0.329 e. The van der Waals surface area contributed by atoms with Crippen molar-refractivity contribution in [1.82, 2.24) is 15.3 Å². The third-order valence-electron chi connectivity index (χ3n) is 6.62. The minimum Gasteiger partial charge on any atom is -0.479 e. The molecule has 3 heterocycles. The molecule has 0 unspecified atom stereocenters. The second-order valence-electron chi connectivity index (χ2n) is 8.82. The number of ether oxygens (including phenoxy) is 1. The summed E-state index contributed by atoms with van der Waals surface area (Å²) in [5.41, 5.74) is 0.214. The molecule has 1 aliphatic heterocycles. The Morgan fingerprint density at radius 2 is 1.86 bits per heavy atom. The molecular weight excluding hydrogens is 559 g/mol. The Labute approximate surface area is 221 Å². The average Bonchev–Trinajstić information content (AvgIpc) is 2.83. The molecule has 1 aliphatic carbocycles. The van der Waals surface area contributed by atoms with Gasteiger partial charge in [-0.3, -0.25) is 14.8 Å². The topological polar surface area (TPSA) is 113 Å². The van der Waals surface area contributed by atoms with Crippen LogP contribution in [0.3, 0.4) is 0 Å². The van der Waals surface area contributed by atoms with Crippen molar-refractivity contribution in [3.63, 3.8) is 0 Å². The molecule has 2 aromatic rings. The highest BCUT2D eigenvalue weighted by atomic mass is 79.9. The molecule has 3 N–H and O–H groups in total. The summed E-state index contributed by atoms with van der Waals surface area (Å²) < 4.78 is 6.54. The van der Waals surface area contributed by atoms with Crippen LogP contribution in [0.5, 0.6) is 0 Å². The highest BCUT2D eigenvalue weighted by Crippen LogP contribution is 2.49. The summed E-state index contributed by atoms with van der Waals surface area (Å²) in [6.45, 7) is 1.83. The molecule has 35 heavy (non-hydrogen) atoms. The lowest BCUT2D eigenvalue weighted by atomic mass is 9.78. The summed E-state index contributed by atoms with van der Waals surface area (Å²) in [5.74, 6) is -1.46. The van der Waals surface area contributed by atoms with E-state index >= 15 is 0 Å². The Balaban J connectivity index is 1.50. The molecule has 4 rings (SSSR count). The van der Waals surface area contributed by atoms with Gasteiger partial charge in [-0.1, -0.05) is 36.5 Å². The number of hydrogen-bond acceptors (Lipinski definition) is 6. The fourth-order valence-corrected chi connectivity index (χ4v) is 5.86. The van der Waals surface area contributed by atoms with Crippen molar-refractivity contribution in [3.05, 3.63) is 62.4 Å². The number of halogens is 3. The molecular formula is C24H25BrCl2N4O4. The van der Waals surface area contributed by atoms with Gasteiger partial charge in [0.2, 0.25) is 0 Å². The van der Waals surface area contributed by atoms with Crippen molar-refractivity contribution < 1.29 is 19.4 Å². The number of aromatic nitrogens is 2. The summed E-state index contributed by atoms with van der Waals surface area (Å²) in [6, 6.07) is 3.35. The zero-order valence-corrected chi connectivity index (χ0v) is 22.1. The SMILES string of the molecule is CC[C@@](Cc1ccc(NC(=O)c2c(Cl)cncc2Cl)cn1)(NC1=C(Br)OC12CCCCC2)C(=O)O. The van der Waals surface area contributed by atoms with Crippen molar-refractivity contribution in [2.24, 2.45) is 0 Å². The van der Waals surface area contributed by atoms with E-state index in [4.69, 9.17) is 27.9 Å². The van der Waals surface area contributed by atoms with Gasteiger partial charge in [0.15, 0.2) is 10.3 Å². The van der Waals surface area contributed by atoms with E-state index < -0.39 is 23.0 Å². The van der Waals surface area contributed by atoms with Crippen molar-refractivity contribution >= 4 is 56.7 Å². The van der Waals surface area contributed by atoms with Gasteiger partial charge in [-0.15, -0.1) is 0 Å². The van der Waals surface area contributed by atoms with E-state index in [1.807, 2.05) is 6.92 Å². The molecule has 2 aliphatic rings. The number of hydrogen-bond donors (Lipinski definition) is 3. The predicted molar refractivity (Wildman–Crippen MR) is 137 cm³/mol. The van der Waals surface area contributed by atoms with Crippen LogP contribution in [0.1, 0.15) is 61.5 Å². The maximum atomic E-state index is 12.6. The summed E-state index contributed by atoms with van der Waals surface area (Å²) in [4.78, 5) is 33.3. The molecule has 0 saturated heterocycles. The second kappa shape index (κ2) is 10.3. The molecule has 0 bridgehead atoms. The zero-order chi connectivity index (χ0) is 25.2. The van der Waals surface area contributed by atoms with Crippen LogP contribution in [-0.4, -0.2) is 38.1 Å². The quantitative estimate of drug-likeness (QED) is 0.365. The van der Waals surface area contributed by atoms with E-state index in [9.17, 15) is 14.7 Å². The standard InChI is InChI=1S/C24H25BrCl2N4O4/c1-2-23(22(33)34,31-19-20(25)35-24(19)8-4-3-5-9-24)10-14-6-7-15(11-29-14)30-21(32)18-16(26)12-28-13-17(18)27/h6-7,11-13,31H,2-5,8-10H2,1H3,(H,30,32)(H,33,34)/t23-/m0/s1. The van der Waals surface area contributed by atoms with Gasteiger partial charge in [0.05, 0.1) is 27.5 Å². The average molecular weight is 584 g/mol. The molecule has 11 heteroatoms. The number of aliphatic carboxylic acids is 1. The Bertz CT molecular complexity index is 1150. The second-order valence-corrected chi connectivity index (χ2v) is 10.4. The summed E-state index contributed by atoms with van der Waals surface area (Å²) >= 11 is 15.5. The van der Waals surface area contributed by atoms with Gasteiger partial charge in [-0.2, -0.15) is 0 Å². The van der Waals surface area contributed by atoms with Crippen molar-refractivity contribution in [1.29, 1.82) is 0 Å². The van der Waals surface area contributed by atoms with Gasteiger partial charge in [0.25, 0.3) is 5.91 Å². The molecule has 0 radical (unpaired) electrons. The van der Waals surface area contributed by atoms with Crippen LogP contribution >= 0.6 is 39.1 Å². The molecule has 1 atom stereocenters. The van der Waals surface area contributed by atoms with Gasteiger partial charge in [-0.05, 0) is 60.2 Å². The minimum atomic E-state index is -1.27. The highest BCUT2D eigenvalue weighted by Gasteiger charge is 2.52. The first-order valence-corrected chi connectivity index (χ1v) is 12.9. The fraction of sp³-hybridized carbons (Fsp3) is 0.417. The number of amides is 1. The van der Waals surface area contributed by atoms with Gasteiger partial charge in [0, 0.05) is 24.5 Å². The first-order valence-electron chi connectivity index (χ1n) is 11.4. The summed E-state index contributed by atoms with van der Waals surface area (Å²) in [6.07, 6.45) is 9.60. The van der Waals surface area contributed by atoms with Crippen LogP contribution < -0.4 is 10.6 Å². The Hall–Kier alpha value is -2.36. The van der Waals surface area contributed by atoms with E-state index in [1.54, 1.807) is 12.1 Å². The number of pyridine rings is 2. The van der Waals surface area contributed by atoms with Gasteiger partial charge in [-0.25, -0.2) is 4.79 Å². The normalized spacial score (nSPS) is 18.3. The summed E-state index contributed by atoms with van der Waals surface area (Å²) in [5, 5.41) is 16.5. The van der Waals surface area contributed by atoms with Crippen molar-refractivity contribution in [2.75, 3.05) is 5.32 Å². The lowest BCUT2D eigenvalue weighted by Crippen LogP contribution is -2.60. The van der Waals surface area contributed by atoms with Crippen LogP contribution in [0.25, 0.3) is 0 Å². The molecule has 186 valence electrons. The maximum absolute atomic E-state index is 12.6. The Morgan fingerprint density at radius 1 is 1.17 bits per heavy atom.